The third-order valence-electron chi connectivity index (χ3n) is 18.6. The Morgan fingerprint density at radius 3 is 1.19 bits per heavy atom. The molecule has 8 aromatic rings. The molecular weight excluding hydrogens is 957 g/mol. The highest BCUT2D eigenvalue weighted by atomic mass is 15.2. The summed E-state index contributed by atoms with van der Waals surface area (Å²) in [4.78, 5) is 7.79. The molecule has 4 nitrogen and oxygen atoms in total. The SMILES string of the molecule is C=Cc1ccc2c3ccc4c5ccc(C=C)c6c(C(CCCCCC)CCCCCC)c(N7CCCC7)cc(c7ccc(c8cc(N9CCCC9)c(C=C)c1c28)c3c47)c65.CCCCCCC(CCCCCC)N(C)C.CCNC. The minimum Gasteiger partial charge on any atom is -0.371 e. The van der Waals surface area contributed by atoms with E-state index in [4.69, 9.17) is 0 Å². The average Bonchev–Trinajstić information content (AvgIpc) is 3.94. The summed E-state index contributed by atoms with van der Waals surface area (Å²) in [6.45, 7) is 30.0. The summed E-state index contributed by atoms with van der Waals surface area (Å²) >= 11 is 0. The lowest BCUT2D eigenvalue weighted by Crippen LogP contribution is -2.27. The standard InChI is InChI=1S/C57H62N2.C15H33N.C3H9N/c1-6-11-13-15-21-39(22-16-14-12-7-2)52-50(59-33-19-20-34-59)36-48-46-30-29-45-47-35-49(58-31-17-18-32-58)40(10-5)51-37(8-3)23-25-41(56(47)51)43-27-28-44(55(46)54(43)45)42-26-24-38(9-4)53(52)57(42)48;1-5-7-9-11-13-15(16(3)4)14-12-10-8-6-2;1-3-4-2/h8-10,23-30,35-36,39H,3-7,11-22,31-34H2,1-2H3;15H,5-14H2,1-4H3;4H,3H2,1-2H3. The Kier molecular flexibility index (Phi) is 22.4. The number of hydrogen-bond donors (Lipinski definition) is 1. The van der Waals surface area contributed by atoms with E-state index in [1.807, 2.05) is 13.1 Å². The summed E-state index contributed by atoms with van der Waals surface area (Å²) in [5, 5.41) is 22.2. The Labute approximate surface area is 479 Å². The van der Waals surface area contributed by atoms with E-state index >= 15 is 0 Å². The molecule has 0 unspecified atom stereocenters. The van der Waals surface area contributed by atoms with Crippen LogP contribution in [0.25, 0.3) is 93.6 Å². The third-order valence-corrected chi connectivity index (χ3v) is 18.6. The number of nitrogens with one attached hydrogen (secondary N) is 1. The molecular formula is C75H104N4. The maximum atomic E-state index is 4.48. The number of rotatable bonds is 28. The molecule has 79 heavy (non-hydrogen) atoms. The van der Waals surface area contributed by atoms with Crippen molar-refractivity contribution in [1.82, 2.24) is 10.2 Å². The first kappa shape index (κ1) is 59.9. The van der Waals surface area contributed by atoms with Crippen LogP contribution in [0.1, 0.15) is 217 Å². The Hall–Kier alpha value is -5.16. The van der Waals surface area contributed by atoms with E-state index < -0.39 is 0 Å². The van der Waals surface area contributed by atoms with Crippen molar-refractivity contribution in [3.05, 3.63) is 103 Å². The van der Waals surface area contributed by atoms with Crippen molar-refractivity contribution in [3.8, 4) is 0 Å². The third kappa shape index (κ3) is 13.0. The van der Waals surface area contributed by atoms with Gasteiger partial charge < -0.3 is 20.0 Å². The van der Waals surface area contributed by atoms with Crippen molar-refractivity contribution in [2.45, 2.75) is 201 Å². The van der Waals surface area contributed by atoms with Gasteiger partial charge in [0.25, 0.3) is 0 Å². The normalized spacial score (nSPS) is 14.0. The van der Waals surface area contributed by atoms with Crippen LogP contribution in [0.2, 0.25) is 0 Å². The summed E-state index contributed by atoms with van der Waals surface area (Å²) in [6, 6.07) is 25.4. The summed E-state index contributed by atoms with van der Waals surface area (Å²) in [5.74, 6) is 0.543. The van der Waals surface area contributed by atoms with Gasteiger partial charge in [-0.05, 0) is 189 Å². The first-order valence-corrected chi connectivity index (χ1v) is 32.3. The molecule has 4 heteroatoms. The number of anilines is 2. The molecule has 0 aromatic heterocycles. The largest absolute Gasteiger partial charge is 0.371 e. The summed E-state index contributed by atoms with van der Waals surface area (Å²) in [6.07, 6.45) is 38.4. The number of benzene rings is 8. The van der Waals surface area contributed by atoms with Crippen molar-refractivity contribution in [3.63, 3.8) is 0 Å². The topological polar surface area (TPSA) is 21.8 Å². The lowest BCUT2D eigenvalue weighted by atomic mass is 9.78. The maximum absolute atomic E-state index is 4.48. The zero-order valence-corrected chi connectivity index (χ0v) is 51.1. The molecule has 0 aliphatic carbocycles. The van der Waals surface area contributed by atoms with Gasteiger partial charge in [0, 0.05) is 49.2 Å². The van der Waals surface area contributed by atoms with Crippen LogP contribution in [0.5, 0.6) is 0 Å². The average molecular weight is 1060 g/mol. The molecule has 2 heterocycles. The predicted molar refractivity (Wildman–Crippen MR) is 359 cm³/mol. The van der Waals surface area contributed by atoms with E-state index in [9.17, 15) is 0 Å². The summed E-state index contributed by atoms with van der Waals surface area (Å²) in [7, 11) is 6.41. The fourth-order valence-corrected chi connectivity index (χ4v) is 14.2. The number of nitrogens with zero attached hydrogens (tertiary/aromatic N) is 3. The number of fused-ring (bicyclic) bond motifs is 4. The maximum Gasteiger partial charge on any atom is 0.0452 e. The molecule has 2 saturated heterocycles. The van der Waals surface area contributed by atoms with E-state index in [1.165, 1.54) is 258 Å². The quantitative estimate of drug-likeness (QED) is 0.0300. The molecule has 10 rings (SSSR count). The molecule has 2 fully saturated rings. The van der Waals surface area contributed by atoms with E-state index in [-0.39, 0.29) is 0 Å². The molecule has 1 N–H and O–H groups in total. The molecule has 0 saturated carbocycles. The molecule has 424 valence electrons. The van der Waals surface area contributed by atoms with Crippen LogP contribution < -0.4 is 15.1 Å². The molecule has 0 bridgehead atoms. The molecule has 2 aliphatic rings. The van der Waals surface area contributed by atoms with Gasteiger partial charge in [-0.3, -0.25) is 0 Å². The fraction of sp³-hybridized carbons (Fsp3) is 0.520. The Bertz CT molecular complexity index is 3190. The zero-order chi connectivity index (χ0) is 55.8. The minimum absolute atomic E-state index is 0.543. The van der Waals surface area contributed by atoms with Gasteiger partial charge in [0.15, 0.2) is 0 Å². The van der Waals surface area contributed by atoms with Crippen LogP contribution in [0.3, 0.4) is 0 Å². The first-order valence-electron chi connectivity index (χ1n) is 32.3. The highest BCUT2D eigenvalue weighted by Gasteiger charge is 2.29. The monoisotopic (exact) mass is 1060 g/mol. The van der Waals surface area contributed by atoms with E-state index in [2.05, 4.69) is 161 Å². The van der Waals surface area contributed by atoms with Gasteiger partial charge in [0.05, 0.1) is 0 Å². The van der Waals surface area contributed by atoms with E-state index in [0.717, 1.165) is 38.8 Å². The van der Waals surface area contributed by atoms with Gasteiger partial charge in [-0.2, -0.15) is 0 Å². The van der Waals surface area contributed by atoms with Crippen LogP contribution in [-0.2, 0) is 0 Å². The minimum atomic E-state index is 0.543. The van der Waals surface area contributed by atoms with Crippen molar-refractivity contribution in [1.29, 1.82) is 0 Å². The summed E-state index contributed by atoms with van der Waals surface area (Å²) < 4.78 is 0. The highest BCUT2D eigenvalue weighted by molar-refractivity contribution is 6.43. The molecule has 2 aliphatic heterocycles. The van der Waals surface area contributed by atoms with Gasteiger partial charge in [0.2, 0.25) is 0 Å². The first-order chi connectivity index (χ1) is 38.7. The molecule has 0 spiro atoms. The smallest absolute Gasteiger partial charge is 0.0452 e. The second kappa shape index (κ2) is 29.5. The van der Waals surface area contributed by atoms with Gasteiger partial charge in [-0.15, -0.1) is 0 Å². The van der Waals surface area contributed by atoms with Crippen molar-refractivity contribution >= 4 is 105 Å². The lowest BCUT2D eigenvalue weighted by Gasteiger charge is -2.31. The number of hydrogen-bond acceptors (Lipinski definition) is 4. The van der Waals surface area contributed by atoms with Gasteiger partial charge in [-0.25, -0.2) is 0 Å². The summed E-state index contributed by atoms with van der Waals surface area (Å²) in [5.41, 5.74) is 8.17. The van der Waals surface area contributed by atoms with Crippen LogP contribution in [0.4, 0.5) is 11.4 Å². The van der Waals surface area contributed by atoms with Crippen LogP contribution >= 0.6 is 0 Å². The van der Waals surface area contributed by atoms with Crippen LogP contribution in [0, 0.1) is 0 Å². The Balaban J connectivity index is 0.000000351. The van der Waals surface area contributed by atoms with Gasteiger partial charge >= 0.3 is 0 Å². The predicted octanol–water partition coefficient (Wildman–Crippen LogP) is 21.9. The highest BCUT2D eigenvalue weighted by Crippen LogP contribution is 2.53. The molecule has 0 amide bonds. The second-order valence-corrected chi connectivity index (χ2v) is 24.1. The fourth-order valence-electron chi connectivity index (χ4n) is 14.2. The second-order valence-electron chi connectivity index (χ2n) is 24.1. The number of unbranched alkanes of at least 4 members (excludes halogenated alkanes) is 12. The van der Waals surface area contributed by atoms with Gasteiger partial charge in [-0.1, -0.05) is 224 Å². The van der Waals surface area contributed by atoms with Crippen LogP contribution in [-0.4, -0.2) is 64.8 Å². The van der Waals surface area contributed by atoms with Crippen molar-refractivity contribution in [2.24, 2.45) is 0 Å². The molecule has 8 aromatic carbocycles. The van der Waals surface area contributed by atoms with Crippen molar-refractivity contribution < 1.29 is 0 Å². The molecule has 0 atom stereocenters. The Morgan fingerprint density at radius 1 is 0.443 bits per heavy atom. The molecule has 0 radical (unpaired) electrons. The van der Waals surface area contributed by atoms with Crippen LogP contribution in [0.15, 0.2) is 80.4 Å². The van der Waals surface area contributed by atoms with E-state index in [1.54, 1.807) is 5.56 Å². The lowest BCUT2D eigenvalue weighted by molar-refractivity contribution is 0.251. The van der Waals surface area contributed by atoms with Crippen molar-refractivity contribution in [2.75, 3.05) is 63.7 Å². The van der Waals surface area contributed by atoms with Gasteiger partial charge in [0.1, 0.15) is 0 Å². The Morgan fingerprint density at radius 2 is 0.797 bits per heavy atom. The van der Waals surface area contributed by atoms with E-state index in [0.29, 0.717) is 5.92 Å². The zero-order valence-electron chi connectivity index (χ0n) is 51.1.